The van der Waals surface area contributed by atoms with Crippen molar-refractivity contribution in [1.82, 2.24) is 0 Å². The third kappa shape index (κ3) is 1.53. The van der Waals surface area contributed by atoms with Crippen LogP contribution in [0.25, 0.3) is 0 Å². The maximum absolute atomic E-state index is 11.1. The number of benzene rings is 1. The van der Waals surface area contributed by atoms with Crippen LogP contribution in [0.4, 0.5) is 0 Å². The average Bonchev–Trinajstić information content (AvgIpc) is 2.16. The molecule has 3 nitrogen and oxygen atoms in total. The smallest absolute Gasteiger partial charge is 0.174 e. The van der Waals surface area contributed by atoms with E-state index in [0.29, 0.717) is 12.0 Å². The van der Waals surface area contributed by atoms with Crippen molar-refractivity contribution in [2.75, 3.05) is 6.61 Å². The molecular formula is C11H10O3. The summed E-state index contributed by atoms with van der Waals surface area (Å²) < 4.78 is 5.21. The Morgan fingerprint density at radius 3 is 2.93 bits per heavy atom. The summed E-state index contributed by atoms with van der Waals surface area (Å²) in [6, 6.07) is 5.20. The summed E-state index contributed by atoms with van der Waals surface area (Å²) in [5, 5.41) is 0. The number of carbonyl (C=O) groups is 2. The molecule has 0 fully saturated rings. The minimum absolute atomic E-state index is 0.00539. The first-order valence-corrected chi connectivity index (χ1v) is 4.45. The van der Waals surface area contributed by atoms with Crippen LogP contribution in [-0.4, -0.2) is 18.2 Å². The molecule has 0 aromatic heterocycles. The molecule has 0 aliphatic carbocycles. The van der Waals surface area contributed by atoms with Gasteiger partial charge in [0.1, 0.15) is 12.4 Å². The van der Waals surface area contributed by atoms with Crippen molar-refractivity contribution >= 4 is 11.6 Å². The summed E-state index contributed by atoms with van der Waals surface area (Å²) in [5.74, 6) is 0.777. The highest BCUT2D eigenvalue weighted by molar-refractivity contribution is 5.95. The van der Waals surface area contributed by atoms with E-state index in [4.69, 9.17) is 4.74 Å². The lowest BCUT2D eigenvalue weighted by molar-refractivity contribution is -0.121. The van der Waals surface area contributed by atoms with Gasteiger partial charge >= 0.3 is 0 Å². The molecule has 0 atom stereocenters. The first kappa shape index (κ1) is 8.94. The zero-order chi connectivity index (χ0) is 10.1. The van der Waals surface area contributed by atoms with E-state index in [1.165, 1.54) is 6.92 Å². The van der Waals surface area contributed by atoms with Gasteiger partial charge in [-0.1, -0.05) is 0 Å². The van der Waals surface area contributed by atoms with E-state index in [0.717, 1.165) is 11.3 Å². The van der Waals surface area contributed by atoms with Crippen LogP contribution in [0.1, 0.15) is 22.8 Å². The molecule has 0 spiro atoms. The van der Waals surface area contributed by atoms with Gasteiger partial charge in [0.2, 0.25) is 0 Å². The highest BCUT2D eigenvalue weighted by Gasteiger charge is 2.17. The molecule has 0 radical (unpaired) electrons. The SMILES string of the molecule is CC(=O)c1ccc2c(c1)CC(=O)CO2. The molecule has 1 aliphatic heterocycles. The Morgan fingerprint density at radius 1 is 1.43 bits per heavy atom. The quantitative estimate of drug-likeness (QED) is 0.628. The van der Waals surface area contributed by atoms with Gasteiger partial charge in [-0.15, -0.1) is 0 Å². The van der Waals surface area contributed by atoms with Crippen LogP contribution in [-0.2, 0) is 11.2 Å². The van der Waals surface area contributed by atoms with Crippen LogP contribution < -0.4 is 4.74 Å². The Balaban J connectivity index is 2.42. The molecule has 0 N–H and O–H groups in total. The third-order valence-electron chi connectivity index (χ3n) is 2.24. The minimum Gasteiger partial charge on any atom is -0.486 e. The molecule has 0 amide bonds. The molecule has 2 rings (SSSR count). The molecule has 0 saturated carbocycles. The van der Waals surface area contributed by atoms with Crippen molar-refractivity contribution in [3.8, 4) is 5.75 Å². The summed E-state index contributed by atoms with van der Waals surface area (Å²) in [4.78, 5) is 22.2. The number of rotatable bonds is 1. The van der Waals surface area contributed by atoms with Gasteiger partial charge in [0.25, 0.3) is 0 Å². The Bertz CT molecular complexity index is 407. The highest BCUT2D eigenvalue weighted by Crippen LogP contribution is 2.24. The average molecular weight is 190 g/mol. The second-order valence-electron chi connectivity index (χ2n) is 3.38. The van der Waals surface area contributed by atoms with Crippen LogP contribution in [0.5, 0.6) is 5.75 Å². The van der Waals surface area contributed by atoms with E-state index in [1.54, 1.807) is 18.2 Å². The predicted octanol–water partition coefficient (Wildman–Crippen LogP) is 1.39. The zero-order valence-electron chi connectivity index (χ0n) is 7.87. The third-order valence-corrected chi connectivity index (χ3v) is 2.24. The molecule has 1 aromatic rings. The molecule has 1 aromatic carbocycles. The van der Waals surface area contributed by atoms with Crippen molar-refractivity contribution in [3.05, 3.63) is 29.3 Å². The number of carbonyl (C=O) groups excluding carboxylic acids is 2. The molecule has 14 heavy (non-hydrogen) atoms. The van der Waals surface area contributed by atoms with E-state index in [-0.39, 0.29) is 18.2 Å². The van der Waals surface area contributed by atoms with Crippen LogP contribution in [0.3, 0.4) is 0 Å². The normalized spacial score (nSPS) is 14.5. The lowest BCUT2D eigenvalue weighted by atomic mass is 10.0. The minimum atomic E-state index is 0.00539. The Labute approximate surface area is 81.7 Å². The lowest BCUT2D eigenvalue weighted by Crippen LogP contribution is -2.20. The summed E-state index contributed by atoms with van der Waals surface area (Å²) in [6.07, 6.45) is 0.371. The second kappa shape index (κ2) is 3.25. The van der Waals surface area contributed by atoms with E-state index in [1.807, 2.05) is 0 Å². The van der Waals surface area contributed by atoms with E-state index in [9.17, 15) is 9.59 Å². The fourth-order valence-electron chi connectivity index (χ4n) is 1.50. The summed E-state index contributed by atoms with van der Waals surface area (Å²) in [6.45, 7) is 1.65. The first-order chi connectivity index (χ1) is 6.66. The highest BCUT2D eigenvalue weighted by atomic mass is 16.5. The molecule has 0 unspecified atom stereocenters. The number of hydrogen-bond donors (Lipinski definition) is 0. The van der Waals surface area contributed by atoms with Crippen LogP contribution >= 0.6 is 0 Å². The maximum atomic E-state index is 11.1. The zero-order valence-corrected chi connectivity index (χ0v) is 7.87. The van der Waals surface area contributed by atoms with Gasteiger partial charge in [-0.2, -0.15) is 0 Å². The fourth-order valence-corrected chi connectivity index (χ4v) is 1.50. The van der Waals surface area contributed by atoms with Crippen LogP contribution in [0.2, 0.25) is 0 Å². The van der Waals surface area contributed by atoms with Gasteiger partial charge in [0.05, 0.1) is 0 Å². The first-order valence-electron chi connectivity index (χ1n) is 4.45. The van der Waals surface area contributed by atoms with E-state index in [2.05, 4.69) is 0 Å². The summed E-state index contributed by atoms with van der Waals surface area (Å²) >= 11 is 0. The maximum Gasteiger partial charge on any atom is 0.174 e. The molecule has 0 saturated heterocycles. The van der Waals surface area contributed by atoms with Crippen molar-refractivity contribution in [3.63, 3.8) is 0 Å². The Hall–Kier alpha value is -1.64. The number of hydrogen-bond acceptors (Lipinski definition) is 3. The molecular weight excluding hydrogens is 180 g/mol. The molecule has 3 heteroatoms. The molecule has 0 bridgehead atoms. The van der Waals surface area contributed by atoms with Gasteiger partial charge in [-0.3, -0.25) is 9.59 Å². The van der Waals surface area contributed by atoms with E-state index < -0.39 is 0 Å². The topological polar surface area (TPSA) is 43.4 Å². The number of ketones is 2. The monoisotopic (exact) mass is 190 g/mol. The standard InChI is InChI=1S/C11H10O3/c1-7(12)8-2-3-11-9(4-8)5-10(13)6-14-11/h2-4H,5-6H2,1H3. The van der Waals surface area contributed by atoms with Gasteiger partial charge in [0, 0.05) is 17.5 Å². The predicted molar refractivity (Wildman–Crippen MR) is 50.7 cm³/mol. The lowest BCUT2D eigenvalue weighted by Gasteiger charge is -2.16. The number of Topliss-reactive ketones (excluding diaryl/α,β-unsaturated/α-hetero) is 2. The van der Waals surface area contributed by atoms with Crippen molar-refractivity contribution in [2.45, 2.75) is 13.3 Å². The van der Waals surface area contributed by atoms with Crippen molar-refractivity contribution < 1.29 is 14.3 Å². The Kier molecular flexibility index (Phi) is 2.08. The molecule has 1 heterocycles. The largest absolute Gasteiger partial charge is 0.486 e. The molecule has 72 valence electrons. The second-order valence-corrected chi connectivity index (χ2v) is 3.38. The van der Waals surface area contributed by atoms with Crippen molar-refractivity contribution in [2.24, 2.45) is 0 Å². The van der Waals surface area contributed by atoms with Gasteiger partial charge in [-0.05, 0) is 25.1 Å². The fraction of sp³-hybridized carbons (Fsp3) is 0.273. The number of ether oxygens (including phenoxy) is 1. The van der Waals surface area contributed by atoms with Crippen molar-refractivity contribution in [1.29, 1.82) is 0 Å². The Morgan fingerprint density at radius 2 is 2.21 bits per heavy atom. The molecule has 1 aliphatic rings. The van der Waals surface area contributed by atoms with Crippen LogP contribution in [0.15, 0.2) is 18.2 Å². The van der Waals surface area contributed by atoms with Gasteiger partial charge in [-0.25, -0.2) is 0 Å². The van der Waals surface area contributed by atoms with Gasteiger partial charge < -0.3 is 4.74 Å². The van der Waals surface area contributed by atoms with Crippen LogP contribution in [0, 0.1) is 0 Å². The van der Waals surface area contributed by atoms with E-state index >= 15 is 0 Å². The number of fused-ring (bicyclic) bond motifs is 1. The summed E-state index contributed by atoms with van der Waals surface area (Å²) in [5.41, 5.74) is 1.44. The van der Waals surface area contributed by atoms with Gasteiger partial charge in [0.15, 0.2) is 11.6 Å². The summed E-state index contributed by atoms with van der Waals surface area (Å²) in [7, 11) is 0.